The zero-order valence-electron chi connectivity index (χ0n) is 18.5. The maximum atomic E-state index is 6.62. The summed E-state index contributed by atoms with van der Waals surface area (Å²) in [6.45, 7) is 0. The van der Waals surface area contributed by atoms with Gasteiger partial charge in [-0.05, 0) is 17.7 Å². The molecule has 1 aromatic heterocycles. The number of hydrogen-bond acceptors (Lipinski definition) is 8. The maximum Gasteiger partial charge on any atom is 0.247 e. The summed E-state index contributed by atoms with van der Waals surface area (Å²) in [4.78, 5) is 4.70. The van der Waals surface area contributed by atoms with E-state index in [1.165, 1.54) is 17.3 Å². The van der Waals surface area contributed by atoms with Crippen molar-refractivity contribution in [2.75, 3.05) is 19.5 Å². The molecule has 0 bridgehead atoms. The quantitative estimate of drug-likeness (QED) is 0.328. The summed E-state index contributed by atoms with van der Waals surface area (Å²) in [7, 11) is 3.15. The lowest BCUT2D eigenvalue weighted by molar-refractivity contribution is 0.224. The number of thioether (sulfide) groups is 1. The molecule has 34 heavy (non-hydrogen) atoms. The number of hydrogen-bond donors (Lipinski definition) is 1. The van der Waals surface area contributed by atoms with Crippen molar-refractivity contribution < 1.29 is 14.2 Å². The molecule has 1 unspecified atom stereocenters. The monoisotopic (exact) mass is 492 g/mol. The number of anilines is 1. The highest BCUT2D eigenvalue weighted by Crippen LogP contribution is 2.43. The zero-order chi connectivity index (χ0) is 23.5. The third-order valence-electron chi connectivity index (χ3n) is 5.33. The highest BCUT2D eigenvalue weighted by Gasteiger charge is 2.28. The van der Waals surface area contributed by atoms with E-state index in [1.807, 2.05) is 42.5 Å². The van der Waals surface area contributed by atoms with Crippen molar-refractivity contribution in [3.8, 4) is 28.6 Å². The van der Waals surface area contributed by atoms with Gasteiger partial charge in [0.25, 0.3) is 0 Å². The first-order valence-corrected chi connectivity index (χ1v) is 11.9. The van der Waals surface area contributed by atoms with E-state index in [1.54, 1.807) is 26.4 Å². The van der Waals surface area contributed by atoms with Crippen molar-refractivity contribution >= 4 is 29.1 Å². The summed E-state index contributed by atoms with van der Waals surface area (Å²) in [5.41, 5.74) is 4.09. The average molecular weight is 493 g/mol. The number of nitrogens with zero attached hydrogens (tertiary/aromatic N) is 3. The minimum absolute atomic E-state index is 0.374. The SMILES string of the molecule is COc1cc(Cl)c(C2Nc3ccccc3-c3nnc(SCc4ccccc4)nc3O2)cc1OC. The fraction of sp³-hybridized carbons (Fsp3) is 0.160. The number of nitrogens with one attached hydrogen (secondary N) is 1. The molecule has 172 valence electrons. The Morgan fingerprint density at radius 1 is 0.971 bits per heavy atom. The molecule has 3 aromatic carbocycles. The number of ether oxygens (including phenoxy) is 3. The lowest BCUT2D eigenvalue weighted by Gasteiger charge is -2.21. The first kappa shape index (κ1) is 22.3. The van der Waals surface area contributed by atoms with Gasteiger partial charge in [0.1, 0.15) is 0 Å². The first-order valence-electron chi connectivity index (χ1n) is 10.5. The molecule has 9 heteroatoms. The highest BCUT2D eigenvalue weighted by atomic mass is 35.5. The van der Waals surface area contributed by atoms with Gasteiger partial charge in [0.15, 0.2) is 23.4 Å². The summed E-state index contributed by atoms with van der Waals surface area (Å²) in [5.74, 6) is 2.18. The molecule has 0 fully saturated rings. The van der Waals surface area contributed by atoms with Gasteiger partial charge in [-0.3, -0.25) is 0 Å². The predicted octanol–water partition coefficient (Wildman–Crippen LogP) is 6.00. The Kier molecular flexibility index (Phi) is 6.42. The van der Waals surface area contributed by atoms with Crippen molar-refractivity contribution in [3.05, 3.63) is 82.9 Å². The average Bonchev–Trinajstić information content (AvgIpc) is 3.04. The molecular weight excluding hydrogens is 472 g/mol. The second kappa shape index (κ2) is 9.79. The molecule has 2 heterocycles. The van der Waals surface area contributed by atoms with Crippen molar-refractivity contribution in [2.45, 2.75) is 17.1 Å². The van der Waals surface area contributed by atoms with E-state index in [0.29, 0.717) is 38.8 Å². The normalized spacial score (nSPS) is 14.1. The second-order valence-corrected chi connectivity index (χ2v) is 8.79. The zero-order valence-corrected chi connectivity index (χ0v) is 20.1. The van der Waals surface area contributed by atoms with Crippen LogP contribution in [0.1, 0.15) is 17.4 Å². The maximum absolute atomic E-state index is 6.62. The smallest absolute Gasteiger partial charge is 0.247 e. The largest absolute Gasteiger partial charge is 0.493 e. The van der Waals surface area contributed by atoms with E-state index in [9.17, 15) is 0 Å². The van der Waals surface area contributed by atoms with Crippen molar-refractivity contribution in [2.24, 2.45) is 0 Å². The summed E-state index contributed by atoms with van der Waals surface area (Å²) in [5, 5.41) is 13.2. The van der Waals surface area contributed by atoms with Crippen LogP contribution < -0.4 is 19.5 Å². The summed E-state index contributed by atoms with van der Waals surface area (Å²) < 4.78 is 17.2. The van der Waals surface area contributed by atoms with Gasteiger partial charge in [0.05, 0.1) is 19.2 Å². The fourth-order valence-electron chi connectivity index (χ4n) is 3.64. The number of halogens is 1. The van der Waals surface area contributed by atoms with Crippen LogP contribution in [0.2, 0.25) is 5.02 Å². The third-order valence-corrected chi connectivity index (χ3v) is 6.57. The molecular formula is C25H21ClN4O3S. The Hall–Kier alpha value is -3.49. The summed E-state index contributed by atoms with van der Waals surface area (Å²) in [6, 6.07) is 21.4. The molecule has 1 aliphatic heterocycles. The molecule has 0 saturated heterocycles. The van der Waals surface area contributed by atoms with Crippen LogP contribution >= 0.6 is 23.4 Å². The van der Waals surface area contributed by atoms with Gasteiger partial charge in [-0.25, -0.2) is 0 Å². The standard InChI is InChI=1S/C25H21ClN4O3S/c1-31-20-12-17(18(26)13-21(20)32-2)23-27-19-11-7-6-10-16(19)22-24(33-23)28-25(30-29-22)34-14-15-8-4-3-5-9-15/h3-13,23,27H,14H2,1-2H3. The minimum atomic E-state index is -0.640. The highest BCUT2D eigenvalue weighted by molar-refractivity contribution is 7.98. The molecule has 0 spiro atoms. The Balaban J connectivity index is 1.53. The van der Waals surface area contributed by atoms with Gasteiger partial charge < -0.3 is 19.5 Å². The minimum Gasteiger partial charge on any atom is -0.493 e. The Morgan fingerprint density at radius 3 is 2.50 bits per heavy atom. The van der Waals surface area contributed by atoms with Crippen LogP contribution in [0.25, 0.3) is 11.3 Å². The molecule has 1 aliphatic rings. The lowest BCUT2D eigenvalue weighted by Crippen LogP contribution is -2.18. The van der Waals surface area contributed by atoms with Gasteiger partial charge in [-0.15, -0.1) is 10.2 Å². The molecule has 1 atom stereocenters. The molecule has 7 nitrogen and oxygen atoms in total. The van der Waals surface area contributed by atoms with E-state index >= 15 is 0 Å². The van der Waals surface area contributed by atoms with Crippen LogP contribution in [0.5, 0.6) is 17.4 Å². The van der Waals surface area contributed by atoms with Crippen molar-refractivity contribution in [1.82, 2.24) is 15.2 Å². The van der Waals surface area contributed by atoms with Crippen molar-refractivity contribution in [3.63, 3.8) is 0 Å². The number of aromatic nitrogens is 3. The lowest BCUT2D eigenvalue weighted by atomic mass is 10.1. The van der Waals surface area contributed by atoms with Crippen LogP contribution in [-0.2, 0) is 5.75 Å². The molecule has 1 N–H and O–H groups in total. The Bertz CT molecular complexity index is 1320. The number of methoxy groups -OCH3 is 2. The van der Waals surface area contributed by atoms with Crippen LogP contribution in [0.15, 0.2) is 71.9 Å². The first-order chi connectivity index (χ1) is 16.7. The van der Waals surface area contributed by atoms with Gasteiger partial charge in [-0.1, -0.05) is 71.9 Å². The van der Waals surface area contributed by atoms with Crippen LogP contribution in [-0.4, -0.2) is 29.4 Å². The third kappa shape index (κ3) is 4.47. The predicted molar refractivity (Wildman–Crippen MR) is 133 cm³/mol. The van der Waals surface area contributed by atoms with E-state index in [0.717, 1.165) is 17.0 Å². The number of rotatable bonds is 6. The van der Waals surface area contributed by atoms with Gasteiger partial charge >= 0.3 is 0 Å². The molecule has 0 aliphatic carbocycles. The number of benzene rings is 3. The Labute approximate surface area is 206 Å². The molecule has 0 radical (unpaired) electrons. The summed E-state index contributed by atoms with van der Waals surface area (Å²) >= 11 is 8.12. The van der Waals surface area contributed by atoms with E-state index in [4.69, 9.17) is 30.8 Å². The van der Waals surface area contributed by atoms with E-state index in [2.05, 4.69) is 27.6 Å². The topological polar surface area (TPSA) is 78.4 Å². The van der Waals surface area contributed by atoms with Crippen LogP contribution in [0.4, 0.5) is 5.69 Å². The Morgan fingerprint density at radius 2 is 1.71 bits per heavy atom. The number of para-hydroxylation sites is 1. The van der Waals surface area contributed by atoms with Crippen molar-refractivity contribution in [1.29, 1.82) is 0 Å². The molecule has 5 rings (SSSR count). The van der Waals surface area contributed by atoms with Gasteiger partial charge in [-0.2, -0.15) is 4.98 Å². The fourth-order valence-corrected chi connectivity index (χ4v) is 4.63. The van der Waals surface area contributed by atoms with Gasteiger partial charge in [0, 0.05) is 28.6 Å². The van der Waals surface area contributed by atoms with Gasteiger partial charge in [0.2, 0.25) is 11.0 Å². The summed E-state index contributed by atoms with van der Waals surface area (Å²) in [6.07, 6.45) is -0.640. The van der Waals surface area contributed by atoms with E-state index in [-0.39, 0.29) is 0 Å². The molecule has 0 saturated carbocycles. The molecule has 0 amide bonds. The van der Waals surface area contributed by atoms with Crippen LogP contribution in [0, 0.1) is 0 Å². The second-order valence-electron chi connectivity index (χ2n) is 7.44. The molecule has 4 aromatic rings. The van der Waals surface area contributed by atoms with Crippen LogP contribution in [0.3, 0.4) is 0 Å². The van der Waals surface area contributed by atoms with E-state index < -0.39 is 6.23 Å². The number of fused-ring (bicyclic) bond motifs is 3.